The van der Waals surface area contributed by atoms with Crippen LogP contribution in [0.15, 0.2) is 53.6 Å². The smallest absolute Gasteiger partial charge is 0.322 e. The fourth-order valence-electron chi connectivity index (χ4n) is 3.19. The third kappa shape index (κ3) is 4.40. The van der Waals surface area contributed by atoms with Crippen molar-refractivity contribution in [3.8, 4) is 11.8 Å². The maximum Gasteiger partial charge on any atom is 0.322 e. The quantitative estimate of drug-likeness (QED) is 0.391. The first-order valence-corrected chi connectivity index (χ1v) is 11.7. The summed E-state index contributed by atoms with van der Waals surface area (Å²) < 4.78 is 35.8. The Labute approximate surface area is 189 Å². The van der Waals surface area contributed by atoms with Crippen LogP contribution in [0.3, 0.4) is 0 Å². The van der Waals surface area contributed by atoms with Crippen LogP contribution in [0.25, 0.3) is 10.9 Å². The van der Waals surface area contributed by atoms with E-state index in [1.807, 2.05) is 37.4 Å². The fraction of sp³-hybridized carbons (Fsp3) is 0.200. The van der Waals surface area contributed by atoms with Crippen LogP contribution in [0.5, 0.6) is 11.8 Å². The minimum Gasteiger partial charge on any atom is -0.424 e. The van der Waals surface area contributed by atoms with Crippen molar-refractivity contribution < 1.29 is 13.2 Å². The maximum absolute atomic E-state index is 12.8. The van der Waals surface area contributed by atoms with E-state index < -0.39 is 16.1 Å². The molecule has 0 unspecified atom stereocenters. The Bertz CT molecular complexity index is 1350. The third-order valence-electron chi connectivity index (χ3n) is 4.72. The van der Waals surface area contributed by atoms with Crippen LogP contribution in [0.1, 0.15) is 25.7 Å². The van der Waals surface area contributed by atoms with Crippen LogP contribution >= 0.6 is 23.2 Å². The number of hydrogen-bond acceptors (Lipinski definition) is 5. The Morgan fingerprint density at radius 1 is 1.13 bits per heavy atom. The number of sulfonamides is 1. The highest BCUT2D eigenvalue weighted by Gasteiger charge is 2.24. The van der Waals surface area contributed by atoms with Crippen molar-refractivity contribution in [3.63, 3.8) is 0 Å². The lowest BCUT2D eigenvalue weighted by atomic mass is 10.2. The third-order valence-corrected chi connectivity index (χ3v) is 7.00. The molecule has 0 bridgehead atoms. The molecule has 0 aliphatic heterocycles. The molecule has 162 valence electrons. The second-order valence-electron chi connectivity index (χ2n) is 6.83. The molecule has 4 aromatic rings. The number of ether oxygens (including phenoxy) is 1. The fourth-order valence-corrected chi connectivity index (χ4v) is 4.78. The van der Waals surface area contributed by atoms with Gasteiger partial charge in [0.1, 0.15) is 5.75 Å². The number of benzene rings is 2. The first kappa shape index (κ1) is 21.6. The molecule has 0 aliphatic carbocycles. The first-order chi connectivity index (χ1) is 14.8. The molecular formula is C20H19Cl2N5O3S. The van der Waals surface area contributed by atoms with Crippen molar-refractivity contribution in [2.24, 2.45) is 0 Å². The highest BCUT2D eigenvalue weighted by atomic mass is 35.5. The number of nitrogens with one attached hydrogen (secondary N) is 2. The normalized spacial score (nSPS) is 12.9. The van der Waals surface area contributed by atoms with Gasteiger partial charge in [-0.05, 0) is 55.6 Å². The maximum atomic E-state index is 12.8. The summed E-state index contributed by atoms with van der Waals surface area (Å²) in [4.78, 5) is 3.14. The van der Waals surface area contributed by atoms with Gasteiger partial charge in [-0.2, -0.15) is 0 Å². The standard InChI is InChI=1S/C20H19Cl2N5O3S/c1-3-27-19(12(2)26-31(28,29)15-6-7-16(21)17(22)11-15)24-25-20(27)30-14-5-4-13-8-9-23-18(13)10-14/h4-12,23,26H,3H2,1-2H3/t12-/m1/s1. The molecule has 11 heteroatoms. The van der Waals surface area contributed by atoms with Crippen LogP contribution in [-0.2, 0) is 16.6 Å². The summed E-state index contributed by atoms with van der Waals surface area (Å²) in [6, 6.07) is 11.3. The number of rotatable bonds is 7. The zero-order valence-electron chi connectivity index (χ0n) is 16.6. The van der Waals surface area contributed by atoms with E-state index in [4.69, 9.17) is 27.9 Å². The van der Waals surface area contributed by atoms with E-state index in [-0.39, 0.29) is 21.0 Å². The number of H-pyrrole nitrogens is 1. The van der Waals surface area contributed by atoms with E-state index in [9.17, 15) is 8.42 Å². The number of aromatic nitrogens is 4. The Hall–Kier alpha value is -2.59. The van der Waals surface area contributed by atoms with Crippen molar-refractivity contribution in [1.82, 2.24) is 24.5 Å². The van der Waals surface area contributed by atoms with Gasteiger partial charge in [-0.1, -0.05) is 28.3 Å². The van der Waals surface area contributed by atoms with Crippen LogP contribution in [-0.4, -0.2) is 28.2 Å². The molecule has 2 N–H and O–H groups in total. The summed E-state index contributed by atoms with van der Waals surface area (Å²) in [7, 11) is -3.86. The van der Waals surface area contributed by atoms with Crippen LogP contribution in [0, 0.1) is 0 Å². The molecule has 0 saturated heterocycles. The second kappa shape index (κ2) is 8.51. The largest absolute Gasteiger partial charge is 0.424 e. The number of halogens is 2. The van der Waals surface area contributed by atoms with Crippen molar-refractivity contribution in [3.05, 3.63) is 64.5 Å². The molecule has 0 aliphatic rings. The van der Waals surface area contributed by atoms with Gasteiger partial charge in [-0.3, -0.25) is 4.57 Å². The minimum atomic E-state index is -3.86. The second-order valence-corrected chi connectivity index (χ2v) is 9.36. The molecular weight excluding hydrogens is 461 g/mol. The van der Waals surface area contributed by atoms with E-state index in [1.165, 1.54) is 18.2 Å². The van der Waals surface area contributed by atoms with E-state index in [0.29, 0.717) is 18.1 Å². The summed E-state index contributed by atoms with van der Waals surface area (Å²) in [5.41, 5.74) is 0.933. The molecule has 31 heavy (non-hydrogen) atoms. The van der Waals surface area contributed by atoms with Crippen molar-refractivity contribution in [2.45, 2.75) is 31.3 Å². The molecule has 2 heterocycles. The van der Waals surface area contributed by atoms with Gasteiger partial charge in [0.15, 0.2) is 5.82 Å². The Morgan fingerprint density at radius 3 is 2.68 bits per heavy atom. The van der Waals surface area contributed by atoms with Gasteiger partial charge in [0, 0.05) is 24.3 Å². The molecule has 2 aromatic carbocycles. The van der Waals surface area contributed by atoms with E-state index >= 15 is 0 Å². The molecule has 0 fully saturated rings. The van der Waals surface area contributed by atoms with E-state index in [1.54, 1.807) is 11.5 Å². The van der Waals surface area contributed by atoms with Gasteiger partial charge in [-0.15, -0.1) is 5.10 Å². The SMILES string of the molecule is CCn1c(Oc2ccc3cc[nH]c3c2)nnc1[C@@H](C)NS(=O)(=O)c1ccc(Cl)c(Cl)c1. The summed E-state index contributed by atoms with van der Waals surface area (Å²) >= 11 is 11.8. The summed E-state index contributed by atoms with van der Waals surface area (Å²) in [5, 5.41) is 9.76. The Kier molecular flexibility index (Phi) is 5.94. The number of aromatic amines is 1. The lowest BCUT2D eigenvalue weighted by molar-refractivity contribution is 0.408. The first-order valence-electron chi connectivity index (χ1n) is 9.44. The Balaban J connectivity index is 1.57. The summed E-state index contributed by atoms with van der Waals surface area (Å²) in [5.74, 6) is 1.01. The number of nitrogens with zero attached hydrogens (tertiary/aromatic N) is 3. The van der Waals surface area contributed by atoms with Crippen LogP contribution in [0.2, 0.25) is 10.0 Å². The van der Waals surface area contributed by atoms with Gasteiger partial charge in [0.25, 0.3) is 0 Å². The topological polar surface area (TPSA) is 102 Å². The number of hydrogen-bond donors (Lipinski definition) is 2. The number of fused-ring (bicyclic) bond motifs is 1. The zero-order valence-corrected chi connectivity index (χ0v) is 19.0. The lowest BCUT2D eigenvalue weighted by Crippen LogP contribution is -2.29. The van der Waals surface area contributed by atoms with Gasteiger partial charge >= 0.3 is 6.01 Å². The molecule has 2 aromatic heterocycles. The summed E-state index contributed by atoms with van der Waals surface area (Å²) in [6.07, 6.45) is 1.85. The molecule has 8 nitrogen and oxygen atoms in total. The van der Waals surface area contributed by atoms with Gasteiger partial charge < -0.3 is 9.72 Å². The minimum absolute atomic E-state index is 0.00652. The van der Waals surface area contributed by atoms with Crippen molar-refractivity contribution >= 4 is 44.1 Å². The van der Waals surface area contributed by atoms with Gasteiger partial charge in [-0.25, -0.2) is 13.1 Å². The van der Waals surface area contributed by atoms with Crippen molar-refractivity contribution in [2.75, 3.05) is 0 Å². The molecule has 0 saturated carbocycles. The molecule has 1 atom stereocenters. The molecule has 4 rings (SSSR count). The highest BCUT2D eigenvalue weighted by Crippen LogP contribution is 2.28. The molecule has 0 amide bonds. The lowest BCUT2D eigenvalue weighted by Gasteiger charge is -2.15. The van der Waals surface area contributed by atoms with Crippen LogP contribution < -0.4 is 9.46 Å². The average Bonchev–Trinajstić information content (AvgIpc) is 3.35. The molecule has 0 spiro atoms. The summed E-state index contributed by atoms with van der Waals surface area (Å²) in [6.45, 7) is 4.06. The Morgan fingerprint density at radius 2 is 1.94 bits per heavy atom. The molecule has 0 radical (unpaired) electrons. The van der Waals surface area contributed by atoms with Crippen LogP contribution in [0.4, 0.5) is 0 Å². The highest BCUT2D eigenvalue weighted by molar-refractivity contribution is 7.89. The zero-order chi connectivity index (χ0) is 22.2. The van der Waals surface area contributed by atoms with Crippen molar-refractivity contribution in [1.29, 1.82) is 0 Å². The van der Waals surface area contributed by atoms with Gasteiger partial charge in [0.05, 0.1) is 21.0 Å². The average molecular weight is 480 g/mol. The van der Waals surface area contributed by atoms with Gasteiger partial charge in [0.2, 0.25) is 10.0 Å². The van der Waals surface area contributed by atoms with E-state index in [0.717, 1.165) is 10.9 Å². The predicted octanol–water partition coefficient (Wildman–Crippen LogP) is 4.92. The predicted molar refractivity (Wildman–Crippen MR) is 119 cm³/mol. The monoisotopic (exact) mass is 479 g/mol. The van der Waals surface area contributed by atoms with E-state index in [2.05, 4.69) is 19.9 Å².